The van der Waals surface area contributed by atoms with Crippen molar-refractivity contribution >= 4 is 0 Å². The van der Waals surface area contributed by atoms with Crippen molar-refractivity contribution in [2.45, 2.75) is 13.2 Å². The maximum absolute atomic E-state index is 5.51. The Morgan fingerprint density at radius 1 is 0.439 bits per heavy atom. The van der Waals surface area contributed by atoms with E-state index in [4.69, 9.17) is 52.3 Å². The summed E-state index contributed by atoms with van der Waals surface area (Å²) in [4.78, 5) is 13.5. The number of rotatable bonds is 30. The highest BCUT2D eigenvalue weighted by Crippen LogP contribution is 1.96. The Balaban J connectivity index is 1.37. The predicted octanol–water partition coefficient (Wildman–Crippen LogP) is -1.16. The second kappa shape index (κ2) is 25.2. The van der Waals surface area contributed by atoms with Crippen molar-refractivity contribution in [2.24, 2.45) is 0 Å². The van der Waals surface area contributed by atoms with Crippen LogP contribution in [0.15, 0.2) is 12.4 Å². The second-order valence-corrected chi connectivity index (χ2v) is 8.04. The lowest BCUT2D eigenvalue weighted by Gasteiger charge is -2.06. The van der Waals surface area contributed by atoms with E-state index in [0.717, 1.165) is 0 Å². The lowest BCUT2D eigenvalue weighted by Crippen LogP contribution is -2.21. The number of methoxy groups -OCH3 is 2. The van der Waals surface area contributed by atoms with Crippen LogP contribution in [0.3, 0.4) is 0 Å². The van der Waals surface area contributed by atoms with Gasteiger partial charge in [0.25, 0.3) is 0 Å². The Morgan fingerprint density at radius 2 is 0.756 bits per heavy atom. The number of aromatic nitrogens is 6. The first-order chi connectivity index (χ1) is 20.3. The van der Waals surface area contributed by atoms with Crippen LogP contribution in [0.1, 0.15) is 11.4 Å². The highest BCUT2D eigenvalue weighted by molar-refractivity contribution is 4.88. The summed E-state index contributed by atoms with van der Waals surface area (Å²) in [7, 11) is 3.27. The van der Waals surface area contributed by atoms with Gasteiger partial charge in [0.1, 0.15) is 24.6 Å². The van der Waals surface area contributed by atoms with Gasteiger partial charge in [-0.25, -0.2) is 0 Å². The molecule has 2 heterocycles. The third kappa shape index (κ3) is 19.3. The molecule has 0 N–H and O–H groups in total. The number of hydrogen-bond acceptors (Lipinski definition) is 15. The van der Waals surface area contributed by atoms with Crippen LogP contribution >= 0.6 is 0 Å². The molecule has 17 nitrogen and oxygen atoms in total. The van der Waals surface area contributed by atoms with E-state index in [1.807, 2.05) is 0 Å². The van der Waals surface area contributed by atoms with E-state index >= 15 is 0 Å². The molecule has 0 aromatic carbocycles. The van der Waals surface area contributed by atoms with Gasteiger partial charge in [0.2, 0.25) is 0 Å². The van der Waals surface area contributed by atoms with Crippen molar-refractivity contribution in [2.75, 3.05) is 120 Å². The Morgan fingerprint density at radius 3 is 1.12 bits per heavy atom. The Bertz CT molecular complexity index is 778. The van der Waals surface area contributed by atoms with Gasteiger partial charge in [-0.05, 0) is 10.4 Å². The third-order valence-electron chi connectivity index (χ3n) is 4.80. The highest BCUT2D eigenvalue weighted by Gasteiger charge is 2.04. The molecular weight excluding hydrogens is 548 g/mol. The molecule has 0 aliphatic carbocycles. The minimum atomic E-state index is 0.291. The topological polar surface area (TPSA) is 163 Å². The first kappa shape index (κ1) is 34.7. The molecule has 2 rings (SSSR count). The first-order valence-electron chi connectivity index (χ1n) is 13.4. The third-order valence-corrected chi connectivity index (χ3v) is 4.80. The van der Waals surface area contributed by atoms with E-state index in [0.29, 0.717) is 130 Å². The molecule has 17 heteroatoms. The van der Waals surface area contributed by atoms with Crippen molar-refractivity contribution in [3.05, 3.63) is 23.8 Å². The number of nitrogens with zero attached hydrogens (tertiary/aromatic N) is 6. The van der Waals surface area contributed by atoms with Crippen LogP contribution in [-0.4, -0.2) is 150 Å². The Kier molecular flexibility index (Phi) is 21.4. The summed E-state index contributed by atoms with van der Waals surface area (Å²) >= 11 is 0. The largest absolute Gasteiger partial charge is 0.393 e. The quantitative estimate of drug-likeness (QED) is 0.0997. The van der Waals surface area contributed by atoms with Gasteiger partial charge in [0, 0.05) is 14.2 Å². The molecule has 236 valence electrons. The zero-order valence-electron chi connectivity index (χ0n) is 24.1. The average molecular weight is 593 g/mol. The summed E-state index contributed by atoms with van der Waals surface area (Å²) in [6.07, 6.45) is 3.29. The summed E-state index contributed by atoms with van der Waals surface area (Å²) in [6.45, 7) is 8.03. The van der Waals surface area contributed by atoms with Crippen LogP contribution in [0.2, 0.25) is 0 Å². The van der Waals surface area contributed by atoms with Crippen molar-refractivity contribution in [3.8, 4) is 0 Å². The van der Waals surface area contributed by atoms with Gasteiger partial charge in [-0.15, -0.1) is 10.2 Å². The second-order valence-electron chi connectivity index (χ2n) is 8.04. The summed E-state index contributed by atoms with van der Waals surface area (Å²) in [5, 5.41) is 15.8. The van der Waals surface area contributed by atoms with Crippen LogP contribution in [-0.2, 0) is 55.8 Å². The summed E-state index contributed by atoms with van der Waals surface area (Å²) in [5.41, 5.74) is 1.29. The molecule has 0 fully saturated rings. The number of ether oxygens (including phenoxy) is 9. The zero-order valence-corrected chi connectivity index (χ0v) is 24.1. The first-order valence-corrected chi connectivity index (χ1v) is 13.4. The molecule has 0 bridgehead atoms. The molecule has 0 saturated heterocycles. The van der Waals surface area contributed by atoms with Crippen LogP contribution in [0.5, 0.6) is 0 Å². The molecule has 41 heavy (non-hydrogen) atoms. The molecular formula is C24H44N6O11. The highest BCUT2D eigenvalue weighted by atomic mass is 16.7. The SMILES string of the molecule is COCCOCCOCCOCc1cn(OCCOCCOn2cc(COCCOCCOCCOC)nn2)nn1. The summed E-state index contributed by atoms with van der Waals surface area (Å²) < 4.78 is 47.7. The molecule has 0 aliphatic rings. The minimum absolute atomic E-state index is 0.291. The molecule has 2 aromatic rings. The Labute approximate surface area is 240 Å². The molecule has 0 aliphatic heterocycles. The monoisotopic (exact) mass is 592 g/mol. The molecule has 0 spiro atoms. The van der Waals surface area contributed by atoms with Gasteiger partial charge in [-0.1, -0.05) is 9.69 Å². The van der Waals surface area contributed by atoms with Crippen LogP contribution < -0.4 is 9.68 Å². The smallest absolute Gasteiger partial charge is 0.140 e. The van der Waals surface area contributed by atoms with Crippen LogP contribution in [0.4, 0.5) is 0 Å². The maximum Gasteiger partial charge on any atom is 0.140 e. The lowest BCUT2D eigenvalue weighted by atomic mass is 10.5. The van der Waals surface area contributed by atoms with Crippen molar-refractivity contribution in [1.82, 2.24) is 30.3 Å². The fourth-order valence-electron chi connectivity index (χ4n) is 2.82. The maximum atomic E-state index is 5.51. The molecule has 0 amide bonds. The fourth-order valence-corrected chi connectivity index (χ4v) is 2.82. The summed E-state index contributed by atoms with van der Waals surface area (Å²) in [6, 6.07) is 0. The summed E-state index contributed by atoms with van der Waals surface area (Å²) in [5.74, 6) is 0. The minimum Gasteiger partial charge on any atom is -0.393 e. The average Bonchev–Trinajstić information content (AvgIpc) is 3.64. The molecule has 0 radical (unpaired) electrons. The van der Waals surface area contributed by atoms with Gasteiger partial charge >= 0.3 is 0 Å². The van der Waals surface area contributed by atoms with Gasteiger partial charge in [0.05, 0.1) is 118 Å². The molecule has 0 saturated carbocycles. The molecule has 0 unspecified atom stereocenters. The van der Waals surface area contributed by atoms with E-state index in [-0.39, 0.29) is 0 Å². The van der Waals surface area contributed by atoms with Gasteiger partial charge in [0.15, 0.2) is 0 Å². The zero-order chi connectivity index (χ0) is 29.1. The van der Waals surface area contributed by atoms with E-state index in [1.165, 1.54) is 9.69 Å². The number of hydrogen-bond donors (Lipinski definition) is 0. The van der Waals surface area contributed by atoms with E-state index < -0.39 is 0 Å². The van der Waals surface area contributed by atoms with E-state index in [1.54, 1.807) is 26.6 Å². The molecule has 2 aromatic heterocycles. The fraction of sp³-hybridized carbons (Fsp3) is 0.833. The van der Waals surface area contributed by atoms with Crippen LogP contribution in [0, 0.1) is 0 Å². The lowest BCUT2D eigenvalue weighted by molar-refractivity contribution is -0.00922. The van der Waals surface area contributed by atoms with Crippen molar-refractivity contribution in [1.29, 1.82) is 0 Å². The van der Waals surface area contributed by atoms with Gasteiger partial charge < -0.3 is 52.3 Å². The normalized spacial score (nSPS) is 11.4. The van der Waals surface area contributed by atoms with E-state index in [2.05, 4.69) is 20.6 Å². The Hall–Kier alpha value is -2.48. The van der Waals surface area contributed by atoms with E-state index in [9.17, 15) is 0 Å². The predicted molar refractivity (Wildman–Crippen MR) is 140 cm³/mol. The van der Waals surface area contributed by atoms with Crippen LogP contribution in [0.25, 0.3) is 0 Å². The van der Waals surface area contributed by atoms with Crippen molar-refractivity contribution in [3.63, 3.8) is 0 Å². The standard InChI is InChI=1S/C24H44N6O11/c1-31-3-5-33-7-9-35-11-13-38-21-23-19-29(27-25-23)40-17-15-37-16-18-41-30-20-24(26-28-30)22-39-14-12-36-10-8-34-6-4-32-2/h19-20H,3-18,21-22H2,1-2H3. The van der Waals surface area contributed by atoms with Gasteiger partial charge in [-0.2, -0.15) is 0 Å². The molecule has 0 atom stereocenters. The van der Waals surface area contributed by atoms with Crippen molar-refractivity contribution < 1.29 is 52.3 Å². The van der Waals surface area contributed by atoms with Gasteiger partial charge in [-0.3, -0.25) is 0 Å².